The van der Waals surface area contributed by atoms with Crippen LogP contribution >= 0.6 is 0 Å². The van der Waals surface area contributed by atoms with Crippen molar-refractivity contribution in [3.8, 4) is 0 Å². The van der Waals surface area contributed by atoms with E-state index in [4.69, 9.17) is 4.74 Å². The van der Waals surface area contributed by atoms with Gasteiger partial charge in [-0.05, 0) is 31.5 Å². The van der Waals surface area contributed by atoms with Gasteiger partial charge in [0.05, 0.1) is 17.0 Å². The quantitative estimate of drug-likeness (QED) is 0.862. The van der Waals surface area contributed by atoms with Crippen molar-refractivity contribution in [2.45, 2.75) is 32.5 Å². The van der Waals surface area contributed by atoms with Crippen LogP contribution in [0.15, 0.2) is 18.3 Å². The van der Waals surface area contributed by atoms with Gasteiger partial charge in [-0.3, -0.25) is 14.9 Å². The van der Waals surface area contributed by atoms with Gasteiger partial charge in [-0.1, -0.05) is 0 Å². The Morgan fingerprint density at radius 2 is 2.09 bits per heavy atom. The molecule has 0 spiro atoms. The molecule has 0 bridgehead atoms. The highest BCUT2D eigenvalue weighted by Crippen LogP contribution is 2.30. The van der Waals surface area contributed by atoms with E-state index in [9.17, 15) is 18.0 Å². The normalized spacial score (nSPS) is 13.0. The third kappa shape index (κ3) is 3.44. The topological polar surface area (TPSA) is 67.9 Å². The molecule has 1 N–H and O–H groups in total. The van der Waals surface area contributed by atoms with Gasteiger partial charge in [0.2, 0.25) is 0 Å². The first-order valence-electron chi connectivity index (χ1n) is 6.45. The first kappa shape index (κ1) is 16.0. The van der Waals surface area contributed by atoms with E-state index in [1.165, 1.54) is 6.07 Å². The summed E-state index contributed by atoms with van der Waals surface area (Å²) in [7, 11) is 0. The summed E-state index contributed by atoms with van der Waals surface area (Å²) < 4.78 is 42.6. The van der Waals surface area contributed by atoms with Gasteiger partial charge in [-0.25, -0.2) is 0 Å². The number of nitrogens with zero attached hydrogens (tertiary/aromatic N) is 2. The Morgan fingerprint density at radius 1 is 1.36 bits per heavy atom. The molecule has 0 aliphatic rings. The summed E-state index contributed by atoms with van der Waals surface area (Å²) in [5, 5.41) is 6.83. The minimum atomic E-state index is -4.45. The van der Waals surface area contributed by atoms with E-state index >= 15 is 0 Å². The number of aromatic amines is 1. The highest BCUT2D eigenvalue weighted by molar-refractivity contribution is 5.39. The van der Waals surface area contributed by atoms with Crippen molar-refractivity contribution in [1.29, 1.82) is 0 Å². The summed E-state index contributed by atoms with van der Waals surface area (Å²) in [5.74, 6) is 0. The largest absolute Gasteiger partial charge is 0.458 e. The van der Waals surface area contributed by atoms with Crippen LogP contribution < -0.4 is 0 Å². The second-order valence-electron chi connectivity index (χ2n) is 4.81. The fourth-order valence-corrected chi connectivity index (χ4v) is 2.11. The van der Waals surface area contributed by atoms with Crippen LogP contribution in [0, 0.1) is 13.8 Å². The lowest BCUT2D eigenvalue weighted by Gasteiger charge is -2.15. The monoisotopic (exact) mass is 313 g/mol. The Kier molecular flexibility index (Phi) is 4.48. The Bertz CT molecular complexity index is 631. The molecule has 0 amide bonds. The molecule has 0 saturated heterocycles. The number of alkyl halides is 3. The number of halogens is 3. The van der Waals surface area contributed by atoms with Crippen LogP contribution in [0.3, 0.4) is 0 Å². The van der Waals surface area contributed by atoms with Crippen LogP contribution in [-0.2, 0) is 22.1 Å². The van der Waals surface area contributed by atoms with Crippen molar-refractivity contribution in [2.75, 3.05) is 0 Å². The van der Waals surface area contributed by atoms with Gasteiger partial charge in [-0.2, -0.15) is 18.3 Å². The molecule has 0 aliphatic heterocycles. The SMILES string of the molecule is Cc1n[nH]c(C)c1CC(OC=O)c1ccc(C(F)(F)F)cn1. The van der Waals surface area contributed by atoms with E-state index in [-0.39, 0.29) is 18.6 Å². The van der Waals surface area contributed by atoms with Gasteiger partial charge >= 0.3 is 6.18 Å². The zero-order valence-corrected chi connectivity index (χ0v) is 11.9. The fraction of sp³-hybridized carbons (Fsp3) is 0.357. The van der Waals surface area contributed by atoms with Crippen LogP contribution in [0.2, 0.25) is 0 Å². The molecule has 1 unspecified atom stereocenters. The Hall–Kier alpha value is -2.38. The molecule has 1 atom stereocenters. The summed E-state index contributed by atoms with van der Waals surface area (Å²) in [5.41, 5.74) is 1.79. The van der Waals surface area contributed by atoms with E-state index in [2.05, 4.69) is 15.2 Å². The summed E-state index contributed by atoms with van der Waals surface area (Å²) in [6.07, 6.45) is -4.21. The van der Waals surface area contributed by atoms with Gasteiger partial charge in [0, 0.05) is 18.3 Å². The third-order valence-electron chi connectivity index (χ3n) is 3.33. The standard InChI is InChI=1S/C14H14F3N3O2/c1-8-11(9(2)20-19-8)5-13(22-7-21)12-4-3-10(6-18-12)14(15,16)17/h3-4,6-7,13H,5H2,1-2H3,(H,19,20). The Morgan fingerprint density at radius 3 is 2.55 bits per heavy atom. The van der Waals surface area contributed by atoms with Gasteiger partial charge in [0.1, 0.15) is 6.10 Å². The molecule has 0 radical (unpaired) electrons. The van der Waals surface area contributed by atoms with Crippen LogP contribution in [0.25, 0.3) is 0 Å². The molecule has 8 heteroatoms. The average molecular weight is 313 g/mol. The van der Waals surface area contributed by atoms with Gasteiger partial charge < -0.3 is 4.74 Å². The van der Waals surface area contributed by atoms with Crippen molar-refractivity contribution >= 4 is 6.47 Å². The molecule has 2 rings (SSSR count). The predicted octanol–water partition coefficient (Wildman–Crippen LogP) is 2.90. The van der Waals surface area contributed by atoms with E-state index in [0.29, 0.717) is 0 Å². The molecule has 2 aromatic heterocycles. The highest BCUT2D eigenvalue weighted by atomic mass is 19.4. The Balaban J connectivity index is 2.26. The van der Waals surface area contributed by atoms with Crippen molar-refractivity contribution in [3.05, 3.63) is 46.5 Å². The lowest BCUT2D eigenvalue weighted by Crippen LogP contribution is -2.12. The zero-order chi connectivity index (χ0) is 16.3. The minimum absolute atomic E-state index is 0.250. The van der Waals surface area contributed by atoms with Crippen LogP contribution in [0.1, 0.15) is 34.3 Å². The lowest BCUT2D eigenvalue weighted by molar-refractivity contribution is -0.138. The fourth-order valence-electron chi connectivity index (χ4n) is 2.11. The molecule has 0 aromatic carbocycles. The number of H-pyrrole nitrogens is 1. The number of ether oxygens (including phenoxy) is 1. The first-order chi connectivity index (χ1) is 10.3. The van der Waals surface area contributed by atoms with Crippen LogP contribution in [0.4, 0.5) is 13.2 Å². The number of hydrogen-bond acceptors (Lipinski definition) is 4. The number of aryl methyl sites for hydroxylation is 2. The van der Waals surface area contributed by atoms with Crippen LogP contribution in [0.5, 0.6) is 0 Å². The number of pyridine rings is 1. The van der Waals surface area contributed by atoms with Gasteiger partial charge in [0.15, 0.2) is 0 Å². The highest BCUT2D eigenvalue weighted by Gasteiger charge is 2.31. The predicted molar refractivity (Wildman–Crippen MR) is 70.9 cm³/mol. The van der Waals surface area contributed by atoms with Gasteiger partial charge in [0.25, 0.3) is 6.47 Å². The summed E-state index contributed by atoms with van der Waals surface area (Å²) in [4.78, 5) is 14.4. The molecule has 118 valence electrons. The molecular weight excluding hydrogens is 299 g/mol. The number of hydrogen-bond donors (Lipinski definition) is 1. The molecule has 0 fully saturated rings. The zero-order valence-electron chi connectivity index (χ0n) is 11.9. The number of aromatic nitrogens is 3. The van der Waals surface area contributed by atoms with Crippen molar-refractivity contribution < 1.29 is 22.7 Å². The molecule has 5 nitrogen and oxygen atoms in total. The Labute approximate surface area is 124 Å². The third-order valence-corrected chi connectivity index (χ3v) is 3.33. The summed E-state index contributed by atoms with van der Waals surface area (Å²) in [6, 6.07) is 2.13. The second kappa shape index (κ2) is 6.17. The molecule has 2 heterocycles. The minimum Gasteiger partial charge on any atom is -0.458 e. The molecule has 2 aromatic rings. The smallest absolute Gasteiger partial charge is 0.417 e. The van der Waals surface area contributed by atoms with E-state index < -0.39 is 17.8 Å². The maximum absolute atomic E-state index is 12.5. The van der Waals surface area contributed by atoms with Crippen LogP contribution in [-0.4, -0.2) is 21.7 Å². The van der Waals surface area contributed by atoms with Crippen molar-refractivity contribution in [3.63, 3.8) is 0 Å². The van der Waals surface area contributed by atoms with E-state index in [1.54, 1.807) is 6.92 Å². The van der Waals surface area contributed by atoms with Gasteiger partial charge in [-0.15, -0.1) is 0 Å². The molecule has 0 saturated carbocycles. The molecular formula is C14H14F3N3O2. The maximum Gasteiger partial charge on any atom is 0.417 e. The molecule has 0 aliphatic carbocycles. The van der Waals surface area contributed by atoms with E-state index in [1.807, 2.05) is 6.92 Å². The van der Waals surface area contributed by atoms with Crippen molar-refractivity contribution in [2.24, 2.45) is 0 Å². The lowest BCUT2D eigenvalue weighted by atomic mass is 10.0. The van der Waals surface area contributed by atoms with Crippen molar-refractivity contribution in [1.82, 2.24) is 15.2 Å². The molecule has 22 heavy (non-hydrogen) atoms. The summed E-state index contributed by atoms with van der Waals surface area (Å²) >= 11 is 0. The first-order valence-corrected chi connectivity index (χ1v) is 6.45. The van der Waals surface area contributed by atoms with E-state index in [0.717, 1.165) is 29.2 Å². The number of rotatable bonds is 5. The number of carbonyl (C=O) groups is 1. The maximum atomic E-state index is 12.5. The number of carbonyl (C=O) groups excluding carboxylic acids is 1. The second-order valence-corrected chi connectivity index (χ2v) is 4.81. The number of nitrogens with one attached hydrogen (secondary N) is 1. The summed E-state index contributed by atoms with van der Waals surface area (Å²) in [6.45, 7) is 3.86. The average Bonchev–Trinajstić information content (AvgIpc) is 2.78.